The van der Waals surface area contributed by atoms with Crippen molar-refractivity contribution in [2.75, 3.05) is 0 Å². The molecule has 0 fully saturated rings. The van der Waals surface area contributed by atoms with Crippen LogP contribution in [0.1, 0.15) is 5.56 Å². The zero-order valence-corrected chi connectivity index (χ0v) is 23.2. The van der Waals surface area contributed by atoms with Crippen molar-refractivity contribution in [2.24, 2.45) is 0 Å². The molecule has 0 bridgehead atoms. The number of alkyl halides is 1. The second-order valence-corrected chi connectivity index (χ2v) is 28.0. The van der Waals surface area contributed by atoms with Crippen molar-refractivity contribution in [3.63, 3.8) is 0 Å². The van der Waals surface area contributed by atoms with Gasteiger partial charge in [0.25, 0.3) is 0 Å². The summed E-state index contributed by atoms with van der Waals surface area (Å²) in [5.74, 6) is 0. The Morgan fingerprint density at radius 2 is 1.16 bits per heavy atom. The lowest BCUT2D eigenvalue weighted by molar-refractivity contribution is 0.386. The van der Waals surface area contributed by atoms with Gasteiger partial charge in [-0.1, -0.05) is 64.5 Å². The molecule has 0 radical (unpaired) electrons. The van der Waals surface area contributed by atoms with Gasteiger partial charge in [-0.15, -0.1) is 0 Å². The fraction of sp³-hybridized carbons (Fsp3) is 0.667. The summed E-state index contributed by atoms with van der Waals surface area (Å²) in [6.45, 7) is 21.0. The van der Waals surface area contributed by atoms with Crippen molar-refractivity contribution >= 4 is 54.4 Å². The highest BCUT2D eigenvalue weighted by Crippen LogP contribution is 2.28. The first kappa shape index (κ1) is 23.5. The molecule has 1 aromatic carbocycles. The molecular formula is C18H37BrO2Si4. The smallest absolute Gasteiger partial charge is 0.314 e. The third kappa shape index (κ3) is 8.81. The first-order chi connectivity index (χ1) is 11.2. The molecule has 2 nitrogen and oxygen atoms in total. The molecule has 0 aliphatic heterocycles. The molecule has 1 rings (SSSR count). The summed E-state index contributed by atoms with van der Waals surface area (Å²) in [6.07, 6.45) is 0. The zero-order chi connectivity index (χ0) is 19.5. The van der Waals surface area contributed by atoms with E-state index in [0.717, 1.165) is 11.4 Å². The van der Waals surface area contributed by atoms with E-state index in [-0.39, 0.29) is 0 Å². The minimum absolute atomic E-state index is 0.925. The quantitative estimate of drug-likeness (QED) is 0.308. The third-order valence-corrected chi connectivity index (χ3v) is 18.2. The summed E-state index contributed by atoms with van der Waals surface area (Å²) in [7, 11) is -6.84. The van der Waals surface area contributed by atoms with Gasteiger partial charge in [0.2, 0.25) is 0 Å². The van der Waals surface area contributed by atoms with Gasteiger partial charge in [0, 0.05) is 5.33 Å². The largest absolute Gasteiger partial charge is 0.437 e. The maximum absolute atomic E-state index is 6.68. The fourth-order valence-electron chi connectivity index (χ4n) is 3.15. The molecule has 0 atom stereocenters. The molecule has 0 spiro atoms. The topological polar surface area (TPSA) is 18.5 Å². The zero-order valence-electron chi connectivity index (χ0n) is 17.6. The number of halogens is 1. The van der Waals surface area contributed by atoms with Crippen LogP contribution in [0.3, 0.4) is 0 Å². The number of rotatable bonds is 9. The highest BCUT2D eigenvalue weighted by atomic mass is 79.9. The second-order valence-electron chi connectivity index (χ2n) is 9.78. The van der Waals surface area contributed by atoms with E-state index >= 15 is 0 Å². The van der Waals surface area contributed by atoms with Gasteiger partial charge in [-0.25, -0.2) is 0 Å². The number of benzene rings is 1. The van der Waals surface area contributed by atoms with Crippen molar-refractivity contribution in [3.05, 3.63) is 29.8 Å². The predicted molar refractivity (Wildman–Crippen MR) is 126 cm³/mol. The lowest BCUT2D eigenvalue weighted by Crippen LogP contribution is -2.54. The molecule has 0 N–H and O–H groups in total. The van der Waals surface area contributed by atoms with Crippen LogP contribution >= 0.6 is 15.9 Å². The van der Waals surface area contributed by atoms with Crippen LogP contribution in [0.15, 0.2) is 24.3 Å². The summed E-state index contributed by atoms with van der Waals surface area (Å²) in [5, 5.41) is 2.46. The van der Waals surface area contributed by atoms with Crippen molar-refractivity contribution < 1.29 is 8.23 Å². The third-order valence-electron chi connectivity index (χ3n) is 4.14. The van der Waals surface area contributed by atoms with Gasteiger partial charge in [-0.05, 0) is 57.4 Å². The molecule has 144 valence electrons. The first-order valence-electron chi connectivity index (χ1n) is 9.22. The van der Waals surface area contributed by atoms with Crippen LogP contribution in [-0.4, -0.2) is 33.3 Å². The summed E-state index contributed by atoms with van der Waals surface area (Å²) in [4.78, 5) is 0. The molecular weight excluding hydrogens is 440 g/mol. The van der Waals surface area contributed by atoms with Crippen LogP contribution in [0.2, 0.25) is 71.0 Å². The summed E-state index contributed by atoms with van der Waals surface area (Å²) in [5.41, 5.74) is 1.34. The average Bonchev–Trinajstić information content (AvgIpc) is 2.41. The molecule has 7 heteroatoms. The van der Waals surface area contributed by atoms with Crippen molar-refractivity contribution in [2.45, 2.75) is 76.3 Å². The van der Waals surface area contributed by atoms with Crippen LogP contribution in [0.4, 0.5) is 0 Å². The van der Waals surface area contributed by atoms with Gasteiger partial charge in [0.15, 0.2) is 16.6 Å². The molecule has 1 aromatic rings. The van der Waals surface area contributed by atoms with Gasteiger partial charge in [0.1, 0.15) is 0 Å². The Morgan fingerprint density at radius 3 is 1.52 bits per heavy atom. The fourth-order valence-corrected chi connectivity index (χ4v) is 20.9. The molecule has 25 heavy (non-hydrogen) atoms. The summed E-state index contributed by atoms with van der Waals surface area (Å²) >= 11 is 3.54. The van der Waals surface area contributed by atoms with E-state index in [1.54, 1.807) is 0 Å². The van der Waals surface area contributed by atoms with E-state index in [4.69, 9.17) is 8.23 Å². The van der Waals surface area contributed by atoms with Crippen LogP contribution < -0.4 is 5.19 Å². The van der Waals surface area contributed by atoms with E-state index in [0.29, 0.717) is 0 Å². The normalized spacial score (nSPS) is 14.0. The number of hydrogen-bond acceptors (Lipinski definition) is 2. The Kier molecular flexibility index (Phi) is 8.15. The van der Waals surface area contributed by atoms with Crippen molar-refractivity contribution in [1.29, 1.82) is 0 Å². The minimum atomic E-state index is -2.13. The molecule has 0 aliphatic rings. The lowest BCUT2D eigenvalue weighted by Gasteiger charge is -2.40. The maximum Gasteiger partial charge on any atom is 0.314 e. The van der Waals surface area contributed by atoms with E-state index in [1.165, 1.54) is 16.8 Å². The Hall–Kier alpha value is 0.488. The molecule has 0 unspecified atom stereocenters. The van der Waals surface area contributed by atoms with Crippen molar-refractivity contribution in [3.8, 4) is 0 Å². The molecule has 0 saturated carbocycles. The Bertz CT molecular complexity index is 532. The highest BCUT2D eigenvalue weighted by Gasteiger charge is 2.41. The van der Waals surface area contributed by atoms with Crippen LogP contribution in [-0.2, 0) is 13.6 Å². The van der Waals surface area contributed by atoms with Gasteiger partial charge in [-0.3, -0.25) is 0 Å². The molecule has 0 amide bonds. The Morgan fingerprint density at radius 1 is 0.720 bits per heavy atom. The standard InChI is InChI=1S/C18H37BrO2Si4/c1-22(2,3)20-25(9,21-23(4,5)6)15-14-24(7,8)18-12-10-17(16-19)11-13-18/h10-13H,14-16H2,1-9H3. The highest BCUT2D eigenvalue weighted by molar-refractivity contribution is 9.08. The maximum atomic E-state index is 6.68. The van der Waals surface area contributed by atoms with E-state index in [2.05, 4.69) is 99.1 Å². The van der Waals surface area contributed by atoms with Crippen LogP contribution in [0.5, 0.6) is 0 Å². The van der Waals surface area contributed by atoms with Gasteiger partial charge >= 0.3 is 8.56 Å². The van der Waals surface area contributed by atoms with Crippen LogP contribution in [0, 0.1) is 0 Å². The van der Waals surface area contributed by atoms with Gasteiger partial charge in [0.05, 0.1) is 8.07 Å². The predicted octanol–water partition coefficient (Wildman–Crippen LogP) is 6.27. The first-order valence-corrected chi connectivity index (χ1v) is 22.9. The van der Waals surface area contributed by atoms with Gasteiger partial charge < -0.3 is 8.23 Å². The Labute approximate surface area is 168 Å². The molecule has 0 aliphatic carbocycles. The Balaban J connectivity index is 2.92. The SMILES string of the molecule is C[Si](C)(C)O[Si](C)(CC[Si](C)(C)c1ccc(CBr)cc1)O[Si](C)(C)C. The molecule has 0 saturated heterocycles. The monoisotopic (exact) mass is 476 g/mol. The minimum Gasteiger partial charge on any atom is -0.437 e. The van der Waals surface area contributed by atoms with Crippen molar-refractivity contribution in [1.82, 2.24) is 0 Å². The van der Waals surface area contributed by atoms with E-state index in [9.17, 15) is 0 Å². The molecule has 0 heterocycles. The molecule has 0 aromatic heterocycles. The summed E-state index contributed by atoms with van der Waals surface area (Å²) < 4.78 is 13.4. The van der Waals surface area contributed by atoms with E-state index in [1.807, 2.05) is 0 Å². The summed E-state index contributed by atoms with van der Waals surface area (Å²) in [6, 6.07) is 11.5. The lowest BCUT2D eigenvalue weighted by atomic mass is 10.2. The number of hydrogen-bond donors (Lipinski definition) is 0. The van der Waals surface area contributed by atoms with Crippen LogP contribution in [0.25, 0.3) is 0 Å². The van der Waals surface area contributed by atoms with Gasteiger partial charge in [-0.2, -0.15) is 0 Å². The second kappa shape index (κ2) is 8.66. The average molecular weight is 478 g/mol. The van der Waals surface area contributed by atoms with E-state index < -0.39 is 33.3 Å².